The van der Waals surface area contributed by atoms with Gasteiger partial charge in [-0.1, -0.05) is 64.5 Å². The Labute approximate surface area is 161 Å². The molecule has 0 amide bonds. The predicted molar refractivity (Wildman–Crippen MR) is 108 cm³/mol. The summed E-state index contributed by atoms with van der Waals surface area (Å²) in [4.78, 5) is 4.15. The van der Waals surface area contributed by atoms with Gasteiger partial charge in [-0.3, -0.25) is 0 Å². The average Bonchev–Trinajstić information content (AvgIpc) is 3.19. The van der Waals surface area contributed by atoms with Crippen LogP contribution in [0.1, 0.15) is 17.2 Å². The van der Waals surface area contributed by atoms with E-state index in [4.69, 9.17) is 4.74 Å². The van der Waals surface area contributed by atoms with E-state index >= 15 is 0 Å². The molecule has 130 valence electrons. The van der Waals surface area contributed by atoms with Crippen LogP contribution >= 0.6 is 15.9 Å². The molecule has 0 aliphatic rings. The lowest BCUT2D eigenvalue weighted by Crippen LogP contribution is -2.12. The summed E-state index contributed by atoms with van der Waals surface area (Å²) in [6.45, 7) is 1.30. The monoisotopic (exact) mass is 406 g/mol. The van der Waals surface area contributed by atoms with Crippen LogP contribution in [-0.4, -0.2) is 9.55 Å². The van der Waals surface area contributed by atoms with Gasteiger partial charge in [0.15, 0.2) is 0 Å². The molecule has 0 saturated carbocycles. The summed E-state index contributed by atoms with van der Waals surface area (Å²) in [6, 6.07) is 23.2. The number of nitrogens with zero attached hydrogens (tertiary/aromatic N) is 2. The molecule has 4 aromatic rings. The molecule has 1 unspecified atom stereocenters. The van der Waals surface area contributed by atoms with E-state index in [-0.39, 0.29) is 6.10 Å². The Balaban J connectivity index is 1.59. The Hall–Kier alpha value is -2.43. The Morgan fingerprint density at radius 1 is 0.962 bits per heavy atom. The first-order valence-corrected chi connectivity index (χ1v) is 9.38. The number of imidazole rings is 1. The zero-order valence-corrected chi connectivity index (χ0v) is 15.8. The molecular weight excluding hydrogens is 388 g/mol. The molecule has 1 heterocycles. The van der Waals surface area contributed by atoms with Crippen LogP contribution in [0.3, 0.4) is 0 Å². The van der Waals surface area contributed by atoms with Gasteiger partial charge in [0.05, 0.1) is 19.5 Å². The average molecular weight is 407 g/mol. The van der Waals surface area contributed by atoms with Crippen molar-refractivity contribution in [3.05, 3.63) is 101 Å². The predicted octanol–water partition coefficient (Wildman–Crippen LogP) is 5.76. The van der Waals surface area contributed by atoms with Gasteiger partial charge in [0.1, 0.15) is 6.10 Å². The first-order chi connectivity index (χ1) is 12.8. The maximum atomic E-state index is 6.31. The highest BCUT2D eigenvalue weighted by molar-refractivity contribution is 9.10. The number of fused-ring (bicyclic) bond motifs is 1. The van der Waals surface area contributed by atoms with Crippen molar-refractivity contribution < 1.29 is 4.74 Å². The van der Waals surface area contributed by atoms with Gasteiger partial charge in [0.2, 0.25) is 0 Å². The quantitative estimate of drug-likeness (QED) is 0.407. The number of halogens is 1. The summed E-state index contributed by atoms with van der Waals surface area (Å²) in [6.07, 6.45) is 5.55. The van der Waals surface area contributed by atoms with Gasteiger partial charge in [0, 0.05) is 16.9 Å². The third kappa shape index (κ3) is 4.03. The molecule has 1 atom stereocenters. The van der Waals surface area contributed by atoms with Crippen molar-refractivity contribution in [1.29, 1.82) is 0 Å². The topological polar surface area (TPSA) is 27.1 Å². The molecule has 0 aliphatic heterocycles. The van der Waals surface area contributed by atoms with Gasteiger partial charge in [-0.25, -0.2) is 4.98 Å². The smallest absolute Gasteiger partial charge is 0.101 e. The molecule has 3 nitrogen and oxygen atoms in total. The zero-order valence-electron chi connectivity index (χ0n) is 14.3. The van der Waals surface area contributed by atoms with Crippen LogP contribution < -0.4 is 0 Å². The van der Waals surface area contributed by atoms with Gasteiger partial charge in [0.25, 0.3) is 0 Å². The summed E-state index contributed by atoms with van der Waals surface area (Å²) in [5.74, 6) is 0. The van der Waals surface area contributed by atoms with E-state index in [2.05, 4.69) is 80.1 Å². The molecule has 1 aromatic heterocycles. The normalized spacial score (nSPS) is 12.3. The first-order valence-electron chi connectivity index (χ1n) is 8.58. The maximum absolute atomic E-state index is 6.31. The van der Waals surface area contributed by atoms with Crippen LogP contribution in [0.25, 0.3) is 10.8 Å². The summed E-state index contributed by atoms with van der Waals surface area (Å²) in [7, 11) is 0. The van der Waals surface area contributed by atoms with E-state index in [1.165, 1.54) is 16.3 Å². The Morgan fingerprint density at radius 3 is 2.54 bits per heavy atom. The lowest BCUT2D eigenvalue weighted by atomic mass is 10.0. The van der Waals surface area contributed by atoms with Gasteiger partial charge in [-0.15, -0.1) is 0 Å². The van der Waals surface area contributed by atoms with Gasteiger partial charge < -0.3 is 9.30 Å². The number of aromatic nitrogens is 2. The van der Waals surface area contributed by atoms with Crippen LogP contribution in [0.2, 0.25) is 0 Å². The minimum Gasteiger partial charge on any atom is -0.367 e. The largest absolute Gasteiger partial charge is 0.367 e. The maximum Gasteiger partial charge on any atom is 0.101 e. The molecule has 0 N–H and O–H groups in total. The molecule has 0 radical (unpaired) electrons. The van der Waals surface area contributed by atoms with E-state index in [1.807, 2.05) is 24.7 Å². The molecular formula is C22H19BrN2O. The number of rotatable bonds is 6. The molecule has 0 aliphatic carbocycles. The van der Waals surface area contributed by atoms with Crippen molar-refractivity contribution >= 4 is 26.7 Å². The van der Waals surface area contributed by atoms with Crippen molar-refractivity contribution in [1.82, 2.24) is 9.55 Å². The highest BCUT2D eigenvalue weighted by atomic mass is 79.9. The van der Waals surface area contributed by atoms with Crippen LogP contribution in [0.15, 0.2) is 89.9 Å². The number of hydrogen-bond donors (Lipinski definition) is 0. The molecule has 4 rings (SSSR count). The van der Waals surface area contributed by atoms with Crippen molar-refractivity contribution in [2.75, 3.05) is 0 Å². The second kappa shape index (κ2) is 7.85. The number of hydrogen-bond acceptors (Lipinski definition) is 2. The molecule has 0 saturated heterocycles. The fraction of sp³-hybridized carbons (Fsp3) is 0.136. The molecule has 4 heteroatoms. The molecule has 3 aromatic carbocycles. The minimum atomic E-state index is -0.0440. The highest BCUT2D eigenvalue weighted by Gasteiger charge is 2.14. The van der Waals surface area contributed by atoms with Crippen molar-refractivity contribution in [3.8, 4) is 0 Å². The summed E-state index contributed by atoms with van der Waals surface area (Å²) >= 11 is 3.47. The third-order valence-corrected chi connectivity index (χ3v) is 4.97. The van der Waals surface area contributed by atoms with E-state index in [1.54, 1.807) is 6.20 Å². The van der Waals surface area contributed by atoms with Gasteiger partial charge >= 0.3 is 0 Å². The third-order valence-electron chi connectivity index (χ3n) is 4.45. The van der Waals surface area contributed by atoms with E-state index in [9.17, 15) is 0 Å². The number of benzene rings is 3. The van der Waals surface area contributed by atoms with E-state index in [0.29, 0.717) is 6.61 Å². The van der Waals surface area contributed by atoms with Crippen LogP contribution in [-0.2, 0) is 17.9 Å². The number of ether oxygens (including phenoxy) is 1. The summed E-state index contributed by atoms with van der Waals surface area (Å²) < 4.78 is 9.44. The first kappa shape index (κ1) is 17.0. The summed E-state index contributed by atoms with van der Waals surface area (Å²) in [5.41, 5.74) is 2.33. The fourth-order valence-electron chi connectivity index (χ4n) is 3.03. The highest BCUT2D eigenvalue weighted by Crippen LogP contribution is 2.25. The standard InChI is InChI=1S/C22H19BrN2O/c23-21-9-5-17(6-10-21)15-26-22(14-25-12-11-24-16-25)20-8-7-18-3-1-2-4-19(18)13-20/h1-13,16,22H,14-15H2. The Bertz CT molecular complexity index is 981. The zero-order chi connectivity index (χ0) is 17.8. The van der Waals surface area contributed by atoms with Crippen LogP contribution in [0, 0.1) is 0 Å². The lowest BCUT2D eigenvalue weighted by Gasteiger charge is -2.20. The van der Waals surface area contributed by atoms with Crippen LogP contribution in [0.5, 0.6) is 0 Å². The Morgan fingerprint density at radius 2 is 1.77 bits per heavy atom. The van der Waals surface area contributed by atoms with Crippen molar-refractivity contribution in [2.24, 2.45) is 0 Å². The second-order valence-electron chi connectivity index (χ2n) is 6.29. The van der Waals surface area contributed by atoms with Gasteiger partial charge in [-0.2, -0.15) is 0 Å². The van der Waals surface area contributed by atoms with E-state index < -0.39 is 0 Å². The SMILES string of the molecule is Brc1ccc(COC(Cn2ccnc2)c2ccc3ccccc3c2)cc1. The molecule has 0 bridgehead atoms. The van der Waals surface area contributed by atoms with Gasteiger partial charge in [-0.05, 0) is 40.1 Å². The van der Waals surface area contributed by atoms with E-state index in [0.717, 1.165) is 16.6 Å². The van der Waals surface area contributed by atoms with Crippen molar-refractivity contribution in [2.45, 2.75) is 19.3 Å². The Kier molecular flexibility index (Phi) is 5.14. The summed E-state index contributed by atoms with van der Waals surface area (Å²) in [5, 5.41) is 2.47. The molecule has 0 fully saturated rings. The molecule has 26 heavy (non-hydrogen) atoms. The second-order valence-corrected chi connectivity index (χ2v) is 7.21. The minimum absolute atomic E-state index is 0.0440. The van der Waals surface area contributed by atoms with Crippen molar-refractivity contribution in [3.63, 3.8) is 0 Å². The van der Waals surface area contributed by atoms with Crippen LogP contribution in [0.4, 0.5) is 0 Å². The fourth-order valence-corrected chi connectivity index (χ4v) is 3.29. The molecule has 0 spiro atoms. The lowest BCUT2D eigenvalue weighted by molar-refractivity contribution is 0.0280.